The van der Waals surface area contributed by atoms with Crippen LogP contribution in [0.5, 0.6) is 0 Å². The van der Waals surface area contributed by atoms with Gasteiger partial charge in [-0.2, -0.15) is 0 Å². The Morgan fingerprint density at radius 3 is 2.24 bits per heavy atom. The van der Waals surface area contributed by atoms with Crippen LogP contribution in [0.15, 0.2) is 79.4 Å². The minimum atomic E-state index is -0.273. The molecule has 3 aromatic rings. The summed E-state index contributed by atoms with van der Waals surface area (Å²) < 4.78 is 0. The highest BCUT2D eigenvalue weighted by Crippen LogP contribution is 2.31. The van der Waals surface area contributed by atoms with Gasteiger partial charge in [-0.15, -0.1) is 6.58 Å². The molecule has 0 spiro atoms. The first-order valence-electron chi connectivity index (χ1n) is 11.4. The second-order valence-electron chi connectivity index (χ2n) is 8.84. The van der Waals surface area contributed by atoms with Crippen LogP contribution in [0, 0.1) is 5.92 Å². The Morgan fingerprint density at radius 2 is 1.55 bits per heavy atom. The number of nitrogens with zero attached hydrogens (tertiary/aromatic N) is 2. The van der Waals surface area contributed by atoms with Crippen molar-refractivity contribution in [2.24, 2.45) is 5.92 Å². The summed E-state index contributed by atoms with van der Waals surface area (Å²) >= 11 is 0. The van der Waals surface area contributed by atoms with Crippen LogP contribution in [-0.4, -0.2) is 46.7 Å². The van der Waals surface area contributed by atoms with E-state index in [1.165, 1.54) is 15.7 Å². The number of likely N-dealkylation sites (tertiary alicyclic amines) is 1. The topological polar surface area (TPSA) is 57.7 Å². The number of benzene rings is 3. The minimum absolute atomic E-state index is 0.0808. The maximum absolute atomic E-state index is 13.2. The first kappa shape index (κ1) is 21.1. The van der Waals surface area contributed by atoms with Gasteiger partial charge in [0.05, 0.1) is 17.2 Å². The predicted molar refractivity (Wildman–Crippen MR) is 128 cm³/mol. The normalized spacial score (nSPS) is 20.1. The second kappa shape index (κ2) is 8.66. The molecule has 5 nitrogen and oxygen atoms in total. The SMILES string of the molecule is C=CC[C@@H]1C[C@@H](CN2C(=O)c3ccccc3C2=O)N(CCc2ccc3ccccc3c2)C1=O. The Balaban J connectivity index is 1.35. The fraction of sp³-hybridized carbons (Fsp3) is 0.250. The Kier molecular flexibility index (Phi) is 5.55. The van der Waals surface area contributed by atoms with Gasteiger partial charge in [0.25, 0.3) is 11.8 Å². The molecule has 1 saturated heterocycles. The van der Waals surface area contributed by atoms with E-state index in [1.807, 2.05) is 17.0 Å². The van der Waals surface area contributed by atoms with Gasteiger partial charge in [0.15, 0.2) is 0 Å². The fourth-order valence-corrected chi connectivity index (χ4v) is 5.09. The van der Waals surface area contributed by atoms with Gasteiger partial charge in [0.1, 0.15) is 0 Å². The van der Waals surface area contributed by atoms with E-state index in [-0.39, 0.29) is 36.2 Å². The Bertz CT molecular complexity index is 1230. The number of fused-ring (bicyclic) bond motifs is 2. The van der Waals surface area contributed by atoms with Gasteiger partial charge in [-0.3, -0.25) is 19.3 Å². The second-order valence-corrected chi connectivity index (χ2v) is 8.84. The molecule has 33 heavy (non-hydrogen) atoms. The van der Waals surface area contributed by atoms with Crippen molar-refractivity contribution in [3.8, 4) is 0 Å². The molecule has 0 radical (unpaired) electrons. The number of carbonyl (C=O) groups excluding carboxylic acids is 3. The van der Waals surface area contributed by atoms with Crippen LogP contribution in [0.25, 0.3) is 10.8 Å². The van der Waals surface area contributed by atoms with Crippen LogP contribution in [0.2, 0.25) is 0 Å². The van der Waals surface area contributed by atoms with Crippen molar-refractivity contribution < 1.29 is 14.4 Å². The molecule has 0 bridgehead atoms. The molecule has 2 atom stereocenters. The molecule has 5 heteroatoms. The summed E-state index contributed by atoms with van der Waals surface area (Å²) in [6.07, 6.45) is 3.71. The Hall–Kier alpha value is -3.73. The first-order chi connectivity index (χ1) is 16.1. The lowest BCUT2D eigenvalue weighted by atomic mass is 10.0. The van der Waals surface area contributed by atoms with Crippen molar-refractivity contribution in [1.29, 1.82) is 0 Å². The van der Waals surface area contributed by atoms with E-state index in [0.717, 1.165) is 12.0 Å². The zero-order valence-electron chi connectivity index (χ0n) is 18.4. The lowest BCUT2D eigenvalue weighted by Crippen LogP contribution is -2.44. The standard InChI is InChI=1S/C28H26N2O3/c1-2-7-22-17-23(18-30-27(32)24-10-5-6-11-25(24)28(30)33)29(26(22)31)15-14-19-12-13-20-8-3-4-9-21(20)16-19/h2-6,8-13,16,22-23H,1,7,14-15,17-18H2/t22-,23+/m1/s1. The van der Waals surface area contributed by atoms with Gasteiger partial charge >= 0.3 is 0 Å². The third-order valence-electron chi connectivity index (χ3n) is 6.81. The highest BCUT2D eigenvalue weighted by Gasteiger charge is 2.43. The number of imide groups is 1. The van der Waals surface area contributed by atoms with Gasteiger partial charge in [0, 0.05) is 19.0 Å². The maximum atomic E-state index is 13.2. The highest BCUT2D eigenvalue weighted by molar-refractivity contribution is 6.21. The van der Waals surface area contributed by atoms with Crippen molar-refractivity contribution >= 4 is 28.5 Å². The molecule has 2 heterocycles. The third kappa shape index (κ3) is 3.84. The van der Waals surface area contributed by atoms with Crippen LogP contribution >= 0.6 is 0 Å². The minimum Gasteiger partial charge on any atom is -0.337 e. The number of hydrogen-bond acceptors (Lipinski definition) is 3. The van der Waals surface area contributed by atoms with Crippen LogP contribution in [0.4, 0.5) is 0 Å². The maximum Gasteiger partial charge on any atom is 0.261 e. The zero-order chi connectivity index (χ0) is 22.9. The molecular weight excluding hydrogens is 412 g/mol. The lowest BCUT2D eigenvalue weighted by Gasteiger charge is -2.28. The summed E-state index contributed by atoms with van der Waals surface area (Å²) in [5, 5.41) is 2.36. The predicted octanol–water partition coefficient (Wildman–Crippen LogP) is 4.47. The summed E-state index contributed by atoms with van der Waals surface area (Å²) in [6.45, 7) is 4.58. The smallest absolute Gasteiger partial charge is 0.261 e. The largest absolute Gasteiger partial charge is 0.337 e. The van der Waals surface area contributed by atoms with E-state index in [0.29, 0.717) is 30.5 Å². The van der Waals surface area contributed by atoms with Crippen molar-refractivity contribution in [1.82, 2.24) is 9.80 Å². The Morgan fingerprint density at radius 1 is 0.879 bits per heavy atom. The van der Waals surface area contributed by atoms with E-state index in [2.05, 4.69) is 36.9 Å². The molecule has 166 valence electrons. The fourth-order valence-electron chi connectivity index (χ4n) is 5.09. The molecule has 2 aliphatic heterocycles. The van der Waals surface area contributed by atoms with E-state index < -0.39 is 0 Å². The summed E-state index contributed by atoms with van der Waals surface area (Å²) in [5.41, 5.74) is 2.04. The van der Waals surface area contributed by atoms with Gasteiger partial charge in [-0.05, 0) is 47.7 Å². The molecule has 2 aliphatic rings. The summed E-state index contributed by atoms with van der Waals surface area (Å²) in [5.74, 6) is -0.619. The van der Waals surface area contributed by atoms with E-state index in [4.69, 9.17) is 0 Å². The molecule has 0 saturated carbocycles. The van der Waals surface area contributed by atoms with Crippen molar-refractivity contribution in [2.45, 2.75) is 25.3 Å². The molecule has 0 N–H and O–H groups in total. The van der Waals surface area contributed by atoms with Crippen LogP contribution in [0.1, 0.15) is 39.1 Å². The average molecular weight is 439 g/mol. The number of hydrogen-bond donors (Lipinski definition) is 0. The number of allylic oxidation sites excluding steroid dienone is 1. The quantitative estimate of drug-likeness (QED) is 0.404. The summed E-state index contributed by atoms with van der Waals surface area (Å²) in [7, 11) is 0. The zero-order valence-corrected chi connectivity index (χ0v) is 18.4. The number of carbonyl (C=O) groups is 3. The molecule has 3 amide bonds. The monoisotopic (exact) mass is 438 g/mol. The lowest BCUT2D eigenvalue weighted by molar-refractivity contribution is -0.132. The summed E-state index contributed by atoms with van der Waals surface area (Å²) in [6, 6.07) is 21.3. The Labute approximate surface area is 193 Å². The van der Waals surface area contributed by atoms with E-state index in [1.54, 1.807) is 30.3 Å². The molecule has 5 rings (SSSR count). The molecule has 0 aromatic heterocycles. The first-order valence-corrected chi connectivity index (χ1v) is 11.4. The van der Waals surface area contributed by atoms with Gasteiger partial charge < -0.3 is 4.90 Å². The molecule has 3 aromatic carbocycles. The average Bonchev–Trinajstić information content (AvgIpc) is 3.26. The molecular formula is C28H26N2O3. The number of rotatable bonds is 7. The van der Waals surface area contributed by atoms with E-state index >= 15 is 0 Å². The van der Waals surface area contributed by atoms with Crippen molar-refractivity contribution in [2.75, 3.05) is 13.1 Å². The third-order valence-corrected chi connectivity index (χ3v) is 6.81. The molecule has 1 fully saturated rings. The van der Waals surface area contributed by atoms with E-state index in [9.17, 15) is 14.4 Å². The van der Waals surface area contributed by atoms with Crippen LogP contribution in [-0.2, 0) is 11.2 Å². The summed E-state index contributed by atoms with van der Waals surface area (Å²) in [4.78, 5) is 42.1. The molecule has 0 unspecified atom stereocenters. The van der Waals surface area contributed by atoms with Gasteiger partial charge in [-0.25, -0.2) is 0 Å². The highest BCUT2D eigenvalue weighted by atomic mass is 16.2. The van der Waals surface area contributed by atoms with Crippen molar-refractivity contribution in [3.63, 3.8) is 0 Å². The van der Waals surface area contributed by atoms with Crippen molar-refractivity contribution in [3.05, 3.63) is 96.1 Å². The van der Waals surface area contributed by atoms with Gasteiger partial charge in [-0.1, -0.05) is 60.7 Å². The van der Waals surface area contributed by atoms with Crippen LogP contribution < -0.4 is 0 Å². The number of amides is 3. The van der Waals surface area contributed by atoms with Crippen LogP contribution in [0.3, 0.4) is 0 Å². The molecule has 0 aliphatic carbocycles. The van der Waals surface area contributed by atoms with Gasteiger partial charge in [0.2, 0.25) is 5.91 Å².